The van der Waals surface area contributed by atoms with Crippen LogP contribution >= 0.6 is 0 Å². The third-order valence-electron chi connectivity index (χ3n) is 4.31. The fraction of sp³-hybridized carbons (Fsp3) is 0.769. The zero-order valence-electron chi connectivity index (χ0n) is 9.42. The summed E-state index contributed by atoms with van der Waals surface area (Å²) in [6.07, 6.45) is 7.34. The fourth-order valence-corrected chi connectivity index (χ4v) is 3.31. The van der Waals surface area contributed by atoms with Gasteiger partial charge in [-0.05, 0) is 42.1 Å². The van der Waals surface area contributed by atoms with Crippen LogP contribution in [0, 0.1) is 23.2 Å². The Hall–Kier alpha value is -0.590. The summed E-state index contributed by atoms with van der Waals surface area (Å²) >= 11 is 0. The Balaban J connectivity index is 2.26. The minimum atomic E-state index is 0.322. The van der Waals surface area contributed by atoms with Crippen molar-refractivity contribution in [1.29, 1.82) is 0 Å². The van der Waals surface area contributed by atoms with E-state index in [2.05, 4.69) is 26.8 Å². The molecule has 0 aromatic rings. The maximum absolute atomic E-state index is 11.4. The number of rotatable bonds is 1. The van der Waals surface area contributed by atoms with Crippen molar-refractivity contribution < 1.29 is 4.79 Å². The zero-order chi connectivity index (χ0) is 10.3. The highest BCUT2D eigenvalue weighted by atomic mass is 16.1. The minimum Gasteiger partial charge on any atom is -0.295 e. The largest absolute Gasteiger partial charge is 0.295 e. The number of fused-ring (bicyclic) bond motifs is 1. The van der Waals surface area contributed by atoms with Crippen molar-refractivity contribution in [2.45, 2.75) is 40.0 Å². The average Bonchev–Trinajstić information content (AvgIpc) is 2.43. The molecular formula is C13H20O. The van der Waals surface area contributed by atoms with Gasteiger partial charge >= 0.3 is 0 Å². The molecule has 0 aliphatic heterocycles. The molecule has 1 heteroatoms. The van der Waals surface area contributed by atoms with E-state index in [0.717, 1.165) is 18.3 Å². The van der Waals surface area contributed by atoms with Gasteiger partial charge in [-0.25, -0.2) is 0 Å². The second-order valence-electron chi connectivity index (χ2n) is 5.56. The summed E-state index contributed by atoms with van der Waals surface area (Å²) in [7, 11) is 0. The summed E-state index contributed by atoms with van der Waals surface area (Å²) in [5, 5.41) is 0. The molecule has 1 fully saturated rings. The summed E-state index contributed by atoms with van der Waals surface area (Å²) in [4.78, 5) is 11.4. The summed E-state index contributed by atoms with van der Waals surface area (Å²) in [6.45, 7) is 6.90. The SMILES string of the molecule is CC(C)[C@H]1CC[C@@]2(C)C=CC(=O)C[C@H]12. The molecule has 0 saturated heterocycles. The van der Waals surface area contributed by atoms with E-state index in [0.29, 0.717) is 17.1 Å². The summed E-state index contributed by atoms with van der Waals surface area (Å²) in [5.74, 6) is 2.43. The normalized spacial score (nSPS) is 41.9. The Morgan fingerprint density at radius 2 is 2.21 bits per heavy atom. The number of carbonyl (C=O) groups is 1. The van der Waals surface area contributed by atoms with Crippen molar-refractivity contribution in [3.8, 4) is 0 Å². The van der Waals surface area contributed by atoms with Gasteiger partial charge in [0.25, 0.3) is 0 Å². The molecule has 0 bridgehead atoms. The number of hydrogen-bond acceptors (Lipinski definition) is 1. The minimum absolute atomic E-state index is 0.322. The number of ketones is 1. The van der Waals surface area contributed by atoms with Gasteiger partial charge in [-0.1, -0.05) is 26.8 Å². The topological polar surface area (TPSA) is 17.1 Å². The van der Waals surface area contributed by atoms with Crippen molar-refractivity contribution in [1.82, 2.24) is 0 Å². The third kappa shape index (κ3) is 1.43. The first-order valence-corrected chi connectivity index (χ1v) is 5.75. The lowest BCUT2D eigenvalue weighted by Gasteiger charge is -2.35. The molecule has 14 heavy (non-hydrogen) atoms. The van der Waals surface area contributed by atoms with Crippen molar-refractivity contribution in [2.24, 2.45) is 23.2 Å². The van der Waals surface area contributed by atoms with Crippen LogP contribution in [0.5, 0.6) is 0 Å². The molecule has 0 aromatic heterocycles. The molecule has 2 rings (SSSR count). The second-order valence-corrected chi connectivity index (χ2v) is 5.56. The van der Waals surface area contributed by atoms with E-state index in [-0.39, 0.29) is 0 Å². The molecule has 0 heterocycles. The van der Waals surface area contributed by atoms with Gasteiger partial charge in [-0.2, -0.15) is 0 Å². The smallest absolute Gasteiger partial charge is 0.155 e. The Morgan fingerprint density at radius 3 is 2.86 bits per heavy atom. The van der Waals surface area contributed by atoms with Crippen LogP contribution in [-0.4, -0.2) is 5.78 Å². The zero-order valence-corrected chi connectivity index (χ0v) is 9.42. The lowest BCUT2D eigenvalue weighted by Crippen LogP contribution is -2.30. The van der Waals surface area contributed by atoms with E-state index < -0.39 is 0 Å². The predicted octanol–water partition coefficient (Wildman–Crippen LogP) is 3.20. The predicted molar refractivity (Wildman–Crippen MR) is 57.9 cm³/mol. The number of hydrogen-bond donors (Lipinski definition) is 0. The van der Waals surface area contributed by atoms with Crippen LogP contribution in [0.25, 0.3) is 0 Å². The van der Waals surface area contributed by atoms with Gasteiger partial charge in [0.2, 0.25) is 0 Å². The van der Waals surface area contributed by atoms with Crippen LogP contribution in [0.3, 0.4) is 0 Å². The van der Waals surface area contributed by atoms with Crippen molar-refractivity contribution >= 4 is 5.78 Å². The van der Waals surface area contributed by atoms with Gasteiger partial charge in [-0.15, -0.1) is 0 Å². The van der Waals surface area contributed by atoms with Gasteiger partial charge in [0.05, 0.1) is 0 Å². The van der Waals surface area contributed by atoms with Gasteiger partial charge in [0, 0.05) is 6.42 Å². The van der Waals surface area contributed by atoms with Gasteiger partial charge < -0.3 is 0 Å². The third-order valence-corrected chi connectivity index (χ3v) is 4.31. The van der Waals surface area contributed by atoms with Crippen LogP contribution < -0.4 is 0 Å². The van der Waals surface area contributed by atoms with E-state index in [1.54, 1.807) is 6.08 Å². The fourth-order valence-electron chi connectivity index (χ4n) is 3.31. The Morgan fingerprint density at radius 1 is 1.50 bits per heavy atom. The molecule has 1 nitrogen and oxygen atoms in total. The number of allylic oxidation sites excluding steroid dienone is 2. The van der Waals surface area contributed by atoms with E-state index in [1.807, 2.05) is 0 Å². The van der Waals surface area contributed by atoms with E-state index in [9.17, 15) is 4.79 Å². The van der Waals surface area contributed by atoms with Crippen LogP contribution in [0.2, 0.25) is 0 Å². The lowest BCUT2D eigenvalue weighted by atomic mass is 9.69. The molecule has 2 aliphatic rings. The van der Waals surface area contributed by atoms with E-state index in [1.165, 1.54) is 12.8 Å². The van der Waals surface area contributed by atoms with Crippen molar-refractivity contribution in [2.75, 3.05) is 0 Å². The quantitative estimate of drug-likeness (QED) is 0.623. The summed E-state index contributed by atoms with van der Waals surface area (Å²) < 4.78 is 0. The first-order valence-electron chi connectivity index (χ1n) is 5.75. The molecule has 3 atom stereocenters. The summed E-state index contributed by atoms with van der Waals surface area (Å²) in [5.41, 5.74) is 0.322. The molecule has 2 aliphatic carbocycles. The highest BCUT2D eigenvalue weighted by Crippen LogP contribution is 2.53. The van der Waals surface area contributed by atoms with Crippen LogP contribution in [0.1, 0.15) is 40.0 Å². The monoisotopic (exact) mass is 192 g/mol. The lowest BCUT2D eigenvalue weighted by molar-refractivity contribution is -0.117. The Kier molecular flexibility index (Phi) is 2.29. The Labute approximate surface area is 86.6 Å². The van der Waals surface area contributed by atoms with E-state index in [4.69, 9.17) is 0 Å². The molecule has 0 radical (unpaired) electrons. The maximum atomic E-state index is 11.4. The molecule has 0 N–H and O–H groups in total. The van der Waals surface area contributed by atoms with Gasteiger partial charge in [-0.3, -0.25) is 4.79 Å². The first-order chi connectivity index (χ1) is 6.53. The maximum Gasteiger partial charge on any atom is 0.155 e. The molecule has 0 unspecified atom stereocenters. The number of carbonyl (C=O) groups excluding carboxylic acids is 1. The average molecular weight is 192 g/mol. The second kappa shape index (κ2) is 3.22. The molecule has 1 saturated carbocycles. The highest BCUT2D eigenvalue weighted by molar-refractivity contribution is 5.91. The molecule has 0 spiro atoms. The standard InChI is InChI=1S/C13H20O/c1-9(2)11-5-7-13(3)6-4-10(14)8-12(11)13/h4,6,9,11-12H,5,7-8H2,1-3H3/t11-,12-,13-/m1/s1. The van der Waals surface area contributed by atoms with Gasteiger partial charge in [0.15, 0.2) is 5.78 Å². The Bertz CT molecular complexity index is 277. The first kappa shape index (κ1) is 9.95. The molecule has 0 aromatic carbocycles. The van der Waals surface area contributed by atoms with Crippen LogP contribution in [-0.2, 0) is 4.79 Å². The van der Waals surface area contributed by atoms with Gasteiger partial charge in [0.1, 0.15) is 0 Å². The highest BCUT2D eigenvalue weighted by Gasteiger charge is 2.46. The van der Waals surface area contributed by atoms with Crippen molar-refractivity contribution in [3.63, 3.8) is 0 Å². The molecule has 78 valence electrons. The van der Waals surface area contributed by atoms with Crippen molar-refractivity contribution in [3.05, 3.63) is 12.2 Å². The molecular weight excluding hydrogens is 172 g/mol. The molecule has 0 amide bonds. The van der Waals surface area contributed by atoms with Crippen LogP contribution in [0.15, 0.2) is 12.2 Å². The van der Waals surface area contributed by atoms with E-state index >= 15 is 0 Å². The van der Waals surface area contributed by atoms with Crippen LogP contribution in [0.4, 0.5) is 0 Å². The summed E-state index contributed by atoms with van der Waals surface area (Å²) in [6, 6.07) is 0.